The molecule has 0 spiro atoms. The van der Waals surface area contributed by atoms with E-state index in [-0.39, 0.29) is 24.0 Å². The Morgan fingerprint density at radius 1 is 1.18 bits per heavy atom. The van der Waals surface area contributed by atoms with Crippen molar-refractivity contribution >= 4 is 23.4 Å². The van der Waals surface area contributed by atoms with Gasteiger partial charge in [0.15, 0.2) is 5.69 Å². The topological polar surface area (TPSA) is 67.7 Å². The number of fused-ring (bicyclic) bond motifs is 1. The molecule has 4 rings (SSSR count). The van der Waals surface area contributed by atoms with E-state index in [9.17, 15) is 9.59 Å². The molecule has 0 bridgehead atoms. The van der Waals surface area contributed by atoms with Crippen molar-refractivity contribution in [1.82, 2.24) is 19.6 Å². The van der Waals surface area contributed by atoms with E-state index in [1.165, 1.54) is 0 Å². The minimum atomic E-state index is -0.152. The number of nitrogens with zero attached hydrogens (tertiary/aromatic N) is 4. The molecule has 1 aromatic carbocycles. The SMILES string of the molecule is CC1CN(C(=O)c2cc3n(n2)CCN(Cc2ccc(Cl)cc2)C3=O)CC(C)O1. The molecule has 2 atom stereocenters. The van der Waals surface area contributed by atoms with Crippen molar-refractivity contribution in [2.75, 3.05) is 19.6 Å². The highest BCUT2D eigenvalue weighted by Crippen LogP contribution is 2.20. The van der Waals surface area contributed by atoms with Crippen LogP contribution in [0.5, 0.6) is 0 Å². The molecular weight excluding hydrogens is 380 g/mol. The summed E-state index contributed by atoms with van der Waals surface area (Å²) in [6.45, 7) is 6.58. The highest BCUT2D eigenvalue weighted by atomic mass is 35.5. The predicted molar refractivity (Wildman–Crippen MR) is 104 cm³/mol. The molecule has 2 aliphatic rings. The van der Waals surface area contributed by atoms with Gasteiger partial charge in [0.25, 0.3) is 11.8 Å². The number of morpholine rings is 1. The van der Waals surface area contributed by atoms with Gasteiger partial charge in [-0.25, -0.2) is 0 Å². The second-order valence-corrected chi connectivity index (χ2v) is 7.90. The number of benzene rings is 1. The third kappa shape index (κ3) is 3.77. The van der Waals surface area contributed by atoms with Gasteiger partial charge in [0.05, 0.1) is 18.8 Å². The lowest BCUT2D eigenvalue weighted by molar-refractivity contribution is -0.0587. The molecule has 2 aromatic rings. The van der Waals surface area contributed by atoms with Crippen molar-refractivity contribution in [3.8, 4) is 0 Å². The van der Waals surface area contributed by atoms with Crippen molar-refractivity contribution in [1.29, 1.82) is 0 Å². The van der Waals surface area contributed by atoms with Crippen molar-refractivity contribution in [3.63, 3.8) is 0 Å². The maximum Gasteiger partial charge on any atom is 0.274 e. The first kappa shape index (κ1) is 19.0. The molecular formula is C20H23ClN4O3. The summed E-state index contributed by atoms with van der Waals surface area (Å²) in [5, 5.41) is 5.07. The van der Waals surface area contributed by atoms with E-state index < -0.39 is 0 Å². The van der Waals surface area contributed by atoms with E-state index in [1.807, 2.05) is 38.1 Å². The van der Waals surface area contributed by atoms with Crippen LogP contribution in [0.4, 0.5) is 0 Å². The zero-order chi connectivity index (χ0) is 19.8. The van der Waals surface area contributed by atoms with Gasteiger partial charge >= 0.3 is 0 Å². The van der Waals surface area contributed by atoms with Gasteiger partial charge in [-0.15, -0.1) is 0 Å². The summed E-state index contributed by atoms with van der Waals surface area (Å²) in [4.78, 5) is 29.3. The number of ether oxygens (including phenoxy) is 1. The second kappa shape index (κ2) is 7.56. The largest absolute Gasteiger partial charge is 0.372 e. The number of amides is 2. The Labute approximate surface area is 168 Å². The van der Waals surface area contributed by atoms with Crippen LogP contribution in [-0.2, 0) is 17.8 Å². The maximum atomic E-state index is 12.9. The van der Waals surface area contributed by atoms with Gasteiger partial charge in [-0.1, -0.05) is 23.7 Å². The fraction of sp³-hybridized carbons (Fsp3) is 0.450. The van der Waals surface area contributed by atoms with Crippen LogP contribution in [0.15, 0.2) is 30.3 Å². The molecule has 3 heterocycles. The van der Waals surface area contributed by atoms with Crippen LogP contribution in [0.2, 0.25) is 5.02 Å². The summed E-state index contributed by atoms with van der Waals surface area (Å²) < 4.78 is 7.33. The lowest BCUT2D eigenvalue weighted by Crippen LogP contribution is -2.48. The van der Waals surface area contributed by atoms with Gasteiger partial charge < -0.3 is 14.5 Å². The summed E-state index contributed by atoms with van der Waals surface area (Å²) in [6, 6.07) is 9.07. The monoisotopic (exact) mass is 402 g/mol. The molecule has 0 aliphatic carbocycles. The van der Waals surface area contributed by atoms with Crippen molar-refractivity contribution < 1.29 is 14.3 Å². The first-order valence-corrected chi connectivity index (χ1v) is 9.85. The molecule has 28 heavy (non-hydrogen) atoms. The lowest BCUT2D eigenvalue weighted by atomic mass is 10.2. The number of hydrogen-bond donors (Lipinski definition) is 0. The van der Waals surface area contributed by atoms with Crippen LogP contribution in [0.3, 0.4) is 0 Å². The normalized spacial score (nSPS) is 22.3. The fourth-order valence-electron chi connectivity index (χ4n) is 3.81. The van der Waals surface area contributed by atoms with Gasteiger partial charge in [-0.3, -0.25) is 14.3 Å². The predicted octanol–water partition coefficient (Wildman–Crippen LogP) is 2.44. The smallest absolute Gasteiger partial charge is 0.274 e. The Morgan fingerprint density at radius 2 is 1.86 bits per heavy atom. The molecule has 2 aliphatic heterocycles. The Balaban J connectivity index is 1.50. The number of carbonyl (C=O) groups is 2. The molecule has 0 N–H and O–H groups in total. The molecule has 1 saturated heterocycles. The fourth-order valence-corrected chi connectivity index (χ4v) is 3.94. The van der Waals surface area contributed by atoms with Gasteiger partial charge in [0.2, 0.25) is 0 Å². The minimum absolute atomic E-state index is 0.0126. The van der Waals surface area contributed by atoms with Gasteiger partial charge in [0.1, 0.15) is 5.69 Å². The molecule has 2 amide bonds. The minimum Gasteiger partial charge on any atom is -0.372 e. The quantitative estimate of drug-likeness (QED) is 0.790. The summed E-state index contributed by atoms with van der Waals surface area (Å²) >= 11 is 5.93. The number of aromatic nitrogens is 2. The van der Waals surface area contributed by atoms with Crippen LogP contribution < -0.4 is 0 Å². The Bertz CT molecular complexity index is 885. The standard InChI is InChI=1S/C20H23ClN4O3/c1-13-10-24(11-14(2)28-13)19(26)17-9-18-20(27)23(7-8-25(18)22-17)12-15-3-5-16(21)6-4-15/h3-6,9,13-14H,7-8,10-12H2,1-2H3. The van der Waals surface area contributed by atoms with E-state index in [1.54, 1.807) is 20.5 Å². The van der Waals surface area contributed by atoms with E-state index in [4.69, 9.17) is 16.3 Å². The second-order valence-electron chi connectivity index (χ2n) is 7.46. The van der Waals surface area contributed by atoms with Crippen molar-refractivity contribution in [2.45, 2.75) is 39.1 Å². The Hall–Kier alpha value is -2.38. The summed E-state index contributed by atoms with van der Waals surface area (Å²) in [7, 11) is 0. The highest BCUT2D eigenvalue weighted by Gasteiger charge is 2.31. The third-order valence-corrected chi connectivity index (χ3v) is 5.33. The van der Waals surface area contributed by atoms with Crippen LogP contribution in [0.25, 0.3) is 0 Å². The maximum absolute atomic E-state index is 12.9. The lowest BCUT2D eigenvalue weighted by Gasteiger charge is -2.34. The summed E-state index contributed by atoms with van der Waals surface area (Å²) in [5.41, 5.74) is 1.79. The van der Waals surface area contributed by atoms with Crippen LogP contribution >= 0.6 is 11.6 Å². The Kier molecular flexibility index (Phi) is 5.12. The van der Waals surface area contributed by atoms with E-state index in [0.29, 0.717) is 49.1 Å². The molecule has 0 saturated carbocycles. The average Bonchev–Trinajstić information content (AvgIpc) is 3.09. The molecule has 1 fully saturated rings. The number of carbonyl (C=O) groups excluding carboxylic acids is 2. The van der Waals surface area contributed by atoms with Crippen LogP contribution in [-0.4, -0.2) is 63.2 Å². The van der Waals surface area contributed by atoms with E-state index in [2.05, 4.69) is 5.10 Å². The molecule has 148 valence electrons. The van der Waals surface area contributed by atoms with Crippen LogP contribution in [0.1, 0.15) is 40.4 Å². The summed E-state index contributed by atoms with van der Waals surface area (Å²) in [6.07, 6.45) is -0.0251. The number of rotatable bonds is 3. The molecule has 7 nitrogen and oxygen atoms in total. The zero-order valence-electron chi connectivity index (χ0n) is 16.0. The molecule has 2 unspecified atom stereocenters. The van der Waals surface area contributed by atoms with Gasteiger partial charge in [-0.2, -0.15) is 5.10 Å². The van der Waals surface area contributed by atoms with Crippen molar-refractivity contribution in [3.05, 3.63) is 52.3 Å². The van der Waals surface area contributed by atoms with Gasteiger partial charge in [-0.05, 0) is 31.5 Å². The first-order chi connectivity index (χ1) is 13.4. The van der Waals surface area contributed by atoms with Crippen LogP contribution in [0, 0.1) is 0 Å². The Morgan fingerprint density at radius 3 is 2.54 bits per heavy atom. The number of hydrogen-bond acceptors (Lipinski definition) is 4. The molecule has 1 aromatic heterocycles. The third-order valence-electron chi connectivity index (χ3n) is 5.08. The van der Waals surface area contributed by atoms with Crippen molar-refractivity contribution in [2.24, 2.45) is 0 Å². The van der Waals surface area contributed by atoms with Gasteiger partial charge in [0, 0.05) is 37.3 Å². The molecule has 0 radical (unpaired) electrons. The highest BCUT2D eigenvalue weighted by molar-refractivity contribution is 6.30. The summed E-state index contributed by atoms with van der Waals surface area (Å²) in [5.74, 6) is -0.266. The van der Waals surface area contributed by atoms with E-state index >= 15 is 0 Å². The molecule has 8 heteroatoms. The average molecular weight is 403 g/mol. The zero-order valence-corrected chi connectivity index (χ0v) is 16.7. The number of halogens is 1. The van der Waals surface area contributed by atoms with E-state index in [0.717, 1.165) is 5.56 Å². The first-order valence-electron chi connectivity index (χ1n) is 9.47.